The summed E-state index contributed by atoms with van der Waals surface area (Å²) in [7, 11) is -2.38. The van der Waals surface area contributed by atoms with E-state index in [9.17, 15) is 18.0 Å². The van der Waals surface area contributed by atoms with E-state index in [0.29, 0.717) is 34.9 Å². The number of rotatable bonds is 7. The van der Waals surface area contributed by atoms with E-state index in [1.165, 1.54) is 23.5 Å². The summed E-state index contributed by atoms with van der Waals surface area (Å²) in [5, 5.41) is 5.42. The highest BCUT2D eigenvalue weighted by molar-refractivity contribution is 7.89. The van der Waals surface area contributed by atoms with Gasteiger partial charge in [0.05, 0.1) is 25.2 Å². The Morgan fingerprint density at radius 1 is 1.18 bits per heavy atom. The molecule has 2 aromatic rings. The third kappa shape index (κ3) is 6.02. The number of hydrogen-bond acceptors (Lipinski definition) is 6. The van der Waals surface area contributed by atoms with Crippen molar-refractivity contribution >= 4 is 33.4 Å². The highest BCUT2D eigenvalue weighted by Crippen LogP contribution is 2.26. The number of methoxy groups -OCH3 is 1. The second-order valence-corrected chi connectivity index (χ2v) is 9.71. The molecule has 1 saturated heterocycles. The minimum absolute atomic E-state index is 0.0865. The van der Waals surface area contributed by atoms with Crippen LogP contribution in [0.5, 0.6) is 5.75 Å². The van der Waals surface area contributed by atoms with Gasteiger partial charge in [-0.25, -0.2) is 8.42 Å². The molecule has 3 rings (SSSR count). The number of carbonyl (C=O) groups is 2. The van der Waals surface area contributed by atoms with Crippen LogP contribution >= 0.6 is 11.6 Å². The normalized spacial score (nSPS) is 16.8. The fraction of sp³-hybridized carbons (Fsp3) is 0.364. The van der Waals surface area contributed by atoms with Crippen LogP contribution in [0.2, 0.25) is 5.02 Å². The number of benzene rings is 2. The molecular formula is C22H26ClN3O6S. The lowest BCUT2D eigenvalue weighted by Gasteiger charge is -2.34. The average Bonchev–Trinajstić information content (AvgIpc) is 2.81. The van der Waals surface area contributed by atoms with Gasteiger partial charge >= 0.3 is 11.8 Å². The summed E-state index contributed by atoms with van der Waals surface area (Å²) in [6.07, 6.45) is -0.427. The maximum Gasteiger partial charge on any atom is 0.309 e. The van der Waals surface area contributed by atoms with Crippen molar-refractivity contribution in [2.24, 2.45) is 0 Å². The molecule has 1 fully saturated rings. The Kier molecular flexibility index (Phi) is 8.30. The van der Waals surface area contributed by atoms with Crippen LogP contribution in [0.1, 0.15) is 17.5 Å². The number of aryl methyl sites for hydroxylation is 1. The predicted octanol–water partition coefficient (Wildman–Crippen LogP) is 1.83. The van der Waals surface area contributed by atoms with Gasteiger partial charge in [-0.2, -0.15) is 4.31 Å². The van der Waals surface area contributed by atoms with Gasteiger partial charge in [-0.15, -0.1) is 0 Å². The lowest BCUT2D eigenvalue weighted by molar-refractivity contribution is -0.140. The summed E-state index contributed by atoms with van der Waals surface area (Å²) >= 11 is 6.05. The summed E-state index contributed by atoms with van der Waals surface area (Å²) in [5.74, 6) is -1.17. The van der Waals surface area contributed by atoms with Gasteiger partial charge in [0.15, 0.2) is 0 Å². The van der Waals surface area contributed by atoms with Crippen molar-refractivity contribution in [2.75, 3.05) is 26.8 Å². The number of nitrogens with one attached hydrogen (secondary N) is 2. The van der Waals surface area contributed by atoms with Gasteiger partial charge in [-0.05, 0) is 48.7 Å². The molecule has 0 aromatic heterocycles. The van der Waals surface area contributed by atoms with Crippen molar-refractivity contribution in [3.63, 3.8) is 0 Å². The number of nitrogens with zero attached hydrogens (tertiary/aromatic N) is 1. The van der Waals surface area contributed by atoms with Crippen molar-refractivity contribution in [1.82, 2.24) is 14.9 Å². The predicted molar refractivity (Wildman–Crippen MR) is 122 cm³/mol. The van der Waals surface area contributed by atoms with E-state index in [-0.39, 0.29) is 24.5 Å². The average molecular weight is 496 g/mol. The van der Waals surface area contributed by atoms with Crippen LogP contribution in [0, 0.1) is 6.92 Å². The number of carbonyl (C=O) groups excluding carboxylic acids is 2. The molecule has 0 bridgehead atoms. The first-order valence-electron chi connectivity index (χ1n) is 10.3. The van der Waals surface area contributed by atoms with E-state index < -0.39 is 28.1 Å². The van der Waals surface area contributed by atoms with Gasteiger partial charge in [0.25, 0.3) is 0 Å². The first kappa shape index (κ1) is 25.0. The summed E-state index contributed by atoms with van der Waals surface area (Å²) in [6.45, 7) is 2.24. The number of sulfonamides is 1. The highest BCUT2D eigenvalue weighted by atomic mass is 35.5. The van der Waals surface area contributed by atoms with Crippen molar-refractivity contribution in [3.05, 3.63) is 58.6 Å². The monoisotopic (exact) mass is 495 g/mol. The van der Waals surface area contributed by atoms with E-state index in [0.717, 1.165) is 0 Å². The van der Waals surface area contributed by atoms with Crippen LogP contribution in [0.15, 0.2) is 47.4 Å². The molecule has 2 amide bonds. The van der Waals surface area contributed by atoms with Crippen LogP contribution in [-0.2, 0) is 30.9 Å². The molecule has 1 aliphatic heterocycles. The number of hydrogen-bond donors (Lipinski definition) is 2. The van der Waals surface area contributed by atoms with Gasteiger partial charge in [-0.3, -0.25) is 9.59 Å². The fourth-order valence-corrected chi connectivity index (χ4v) is 5.26. The van der Waals surface area contributed by atoms with Crippen LogP contribution < -0.4 is 15.4 Å². The van der Waals surface area contributed by atoms with Crippen LogP contribution in [0.25, 0.3) is 0 Å². The molecule has 0 unspecified atom stereocenters. The molecule has 0 spiro atoms. The molecule has 0 radical (unpaired) electrons. The Balaban J connectivity index is 1.63. The first-order chi connectivity index (χ1) is 15.7. The summed E-state index contributed by atoms with van der Waals surface area (Å²) in [5.41, 5.74) is 1.35. The molecular weight excluding hydrogens is 470 g/mol. The Morgan fingerprint density at radius 3 is 2.61 bits per heavy atom. The number of halogens is 1. The van der Waals surface area contributed by atoms with E-state index in [1.807, 2.05) is 0 Å². The maximum atomic E-state index is 13.2. The number of amides is 2. The minimum atomic E-state index is -3.89. The zero-order chi connectivity index (χ0) is 24.0. The molecule has 1 atom stereocenters. The minimum Gasteiger partial charge on any atom is -0.496 e. The van der Waals surface area contributed by atoms with E-state index in [2.05, 4.69) is 10.6 Å². The molecule has 2 N–H and O–H groups in total. The molecule has 33 heavy (non-hydrogen) atoms. The number of ether oxygens (including phenoxy) is 2. The Bertz CT molecular complexity index is 1120. The van der Waals surface area contributed by atoms with Crippen molar-refractivity contribution in [3.8, 4) is 5.75 Å². The zero-order valence-corrected chi connectivity index (χ0v) is 19.9. The van der Waals surface area contributed by atoms with Gasteiger partial charge in [0.2, 0.25) is 10.0 Å². The van der Waals surface area contributed by atoms with Gasteiger partial charge in [-0.1, -0.05) is 29.8 Å². The maximum absolute atomic E-state index is 13.2. The molecule has 9 nitrogen and oxygen atoms in total. The van der Waals surface area contributed by atoms with Crippen LogP contribution in [0.4, 0.5) is 0 Å². The Labute approximate surface area is 198 Å². The zero-order valence-electron chi connectivity index (χ0n) is 18.3. The van der Waals surface area contributed by atoms with E-state index in [4.69, 9.17) is 21.1 Å². The smallest absolute Gasteiger partial charge is 0.309 e. The second-order valence-electron chi connectivity index (χ2n) is 7.41. The molecule has 2 aromatic carbocycles. The summed E-state index contributed by atoms with van der Waals surface area (Å²) < 4.78 is 38.4. The first-order valence-corrected chi connectivity index (χ1v) is 12.1. The van der Waals surface area contributed by atoms with Crippen LogP contribution in [0.3, 0.4) is 0 Å². The molecule has 11 heteroatoms. The Hall–Kier alpha value is -2.66. The SMILES string of the molecule is COc1ccc(S(=O)(=O)N2CCCO[C@@H]2CNC(=O)C(=O)NCc2ccccc2Cl)cc1C. The van der Waals surface area contributed by atoms with Crippen molar-refractivity contribution in [2.45, 2.75) is 31.0 Å². The molecule has 178 valence electrons. The fourth-order valence-electron chi connectivity index (χ4n) is 3.41. The van der Waals surface area contributed by atoms with Crippen LogP contribution in [-0.4, -0.2) is 57.6 Å². The molecule has 0 saturated carbocycles. The topological polar surface area (TPSA) is 114 Å². The lowest BCUT2D eigenvalue weighted by atomic mass is 10.2. The van der Waals surface area contributed by atoms with Crippen molar-refractivity contribution < 1.29 is 27.5 Å². The van der Waals surface area contributed by atoms with Gasteiger partial charge in [0, 0.05) is 18.1 Å². The van der Waals surface area contributed by atoms with E-state index in [1.54, 1.807) is 37.3 Å². The van der Waals surface area contributed by atoms with Crippen molar-refractivity contribution in [1.29, 1.82) is 0 Å². The highest BCUT2D eigenvalue weighted by Gasteiger charge is 2.35. The third-order valence-electron chi connectivity index (χ3n) is 5.17. The third-order valence-corrected chi connectivity index (χ3v) is 7.42. The molecule has 0 aliphatic carbocycles. The standard InChI is InChI=1S/C22H26ClN3O6S/c1-15-12-17(8-9-19(15)31-2)33(29,30)26-10-5-11-32-20(26)14-25-22(28)21(27)24-13-16-6-3-4-7-18(16)23/h3-4,6-9,12,20H,5,10-11,13-14H2,1-2H3,(H,24,27)(H,25,28)/t20-/m1/s1. The molecule has 1 aliphatic rings. The quantitative estimate of drug-likeness (QED) is 0.566. The second kappa shape index (κ2) is 11.0. The van der Waals surface area contributed by atoms with Gasteiger partial charge in [0.1, 0.15) is 12.0 Å². The van der Waals surface area contributed by atoms with E-state index >= 15 is 0 Å². The lowest BCUT2D eigenvalue weighted by Crippen LogP contribution is -2.53. The molecule has 1 heterocycles. The summed E-state index contributed by atoms with van der Waals surface area (Å²) in [6, 6.07) is 11.5. The largest absolute Gasteiger partial charge is 0.496 e. The Morgan fingerprint density at radius 2 is 1.91 bits per heavy atom. The van der Waals surface area contributed by atoms with Gasteiger partial charge < -0.3 is 20.1 Å². The summed E-state index contributed by atoms with van der Waals surface area (Å²) in [4.78, 5) is 24.5.